The molecule has 148 valence electrons. The molecular formula is C23H29N2O3+. The van der Waals surface area contributed by atoms with Gasteiger partial charge in [-0.05, 0) is 34.6 Å². The third-order valence-electron chi connectivity index (χ3n) is 6.32. The minimum absolute atomic E-state index is 0.0828. The molecule has 1 aliphatic heterocycles. The Morgan fingerprint density at radius 3 is 2.43 bits per heavy atom. The van der Waals surface area contributed by atoms with Gasteiger partial charge in [-0.3, -0.25) is 0 Å². The largest absolute Gasteiger partial charge is 0.513 e. The maximum Gasteiger partial charge on any atom is 0.513 e. The summed E-state index contributed by atoms with van der Waals surface area (Å²) in [6.07, 6.45) is 0.0999. The second-order valence-electron chi connectivity index (χ2n) is 8.03. The van der Waals surface area contributed by atoms with Crippen LogP contribution in [0.15, 0.2) is 48.5 Å². The lowest BCUT2D eigenvalue weighted by Gasteiger charge is -2.36. The van der Waals surface area contributed by atoms with Crippen LogP contribution in [-0.2, 0) is 11.2 Å². The summed E-state index contributed by atoms with van der Waals surface area (Å²) >= 11 is 0. The Balaban J connectivity index is 1.60. The molecule has 0 saturated carbocycles. The first-order valence-corrected chi connectivity index (χ1v) is 10.2. The summed E-state index contributed by atoms with van der Waals surface area (Å²) in [6, 6.07) is 17.0. The number of piperazine rings is 1. The molecule has 5 nitrogen and oxygen atoms in total. The molecule has 2 unspecified atom stereocenters. The molecule has 2 aromatic rings. The minimum atomic E-state index is -0.750. The number of quaternary nitrogens is 1. The lowest BCUT2D eigenvalue weighted by Crippen LogP contribution is -2.62. The SMILES string of the molecule is CC1Cc2ccccc2C(OCC[N+]2(C(=O)O)CCNCC2)c2ccccc21. The Hall–Kier alpha value is -2.21. The number of nitrogens with one attached hydrogen (secondary N) is 1. The molecule has 0 radical (unpaired) electrons. The summed E-state index contributed by atoms with van der Waals surface area (Å²) in [6.45, 7) is 5.86. The van der Waals surface area contributed by atoms with Crippen molar-refractivity contribution < 1.29 is 19.1 Å². The van der Waals surface area contributed by atoms with Gasteiger partial charge in [0.05, 0.1) is 6.61 Å². The first kappa shape index (κ1) is 19.1. The maximum absolute atomic E-state index is 11.9. The minimum Gasteiger partial charge on any atom is -0.435 e. The van der Waals surface area contributed by atoms with E-state index >= 15 is 0 Å². The van der Waals surface area contributed by atoms with Gasteiger partial charge < -0.3 is 15.2 Å². The van der Waals surface area contributed by atoms with Crippen molar-refractivity contribution in [3.63, 3.8) is 0 Å². The van der Waals surface area contributed by atoms with E-state index in [4.69, 9.17) is 4.74 Å². The van der Waals surface area contributed by atoms with Crippen molar-refractivity contribution in [1.82, 2.24) is 5.32 Å². The summed E-state index contributed by atoms with van der Waals surface area (Å²) in [5.41, 5.74) is 5.07. The number of nitrogens with zero attached hydrogens (tertiary/aromatic N) is 1. The standard InChI is InChI=1S/C23H28N2O3/c1-17-16-18-6-2-3-8-20(18)22(21-9-5-4-7-19(17)21)28-15-14-25(23(26)27)12-10-24-11-13-25/h2-9,17,22,24H,10-16H2,1H3/p+1. The van der Waals surface area contributed by atoms with Crippen LogP contribution >= 0.6 is 0 Å². The van der Waals surface area contributed by atoms with Crippen molar-refractivity contribution in [1.29, 1.82) is 0 Å². The highest BCUT2D eigenvalue weighted by atomic mass is 16.5. The predicted molar refractivity (Wildman–Crippen MR) is 109 cm³/mol. The van der Waals surface area contributed by atoms with Crippen LogP contribution in [0.4, 0.5) is 4.79 Å². The topological polar surface area (TPSA) is 58.6 Å². The molecule has 1 amide bonds. The van der Waals surface area contributed by atoms with E-state index in [0.29, 0.717) is 32.2 Å². The van der Waals surface area contributed by atoms with Gasteiger partial charge in [0.15, 0.2) is 0 Å². The van der Waals surface area contributed by atoms with Gasteiger partial charge in [-0.15, -0.1) is 0 Å². The average molecular weight is 381 g/mol. The molecule has 1 aliphatic carbocycles. The lowest BCUT2D eigenvalue weighted by molar-refractivity contribution is -0.860. The van der Waals surface area contributed by atoms with Gasteiger partial charge in [-0.2, -0.15) is 4.79 Å². The van der Waals surface area contributed by atoms with E-state index in [1.54, 1.807) is 0 Å². The Labute approximate surface area is 166 Å². The molecule has 28 heavy (non-hydrogen) atoms. The molecule has 1 saturated heterocycles. The number of carbonyl (C=O) groups is 1. The van der Waals surface area contributed by atoms with Crippen LogP contribution in [0.2, 0.25) is 0 Å². The normalized spacial score (nSPS) is 23.3. The van der Waals surface area contributed by atoms with E-state index < -0.39 is 6.09 Å². The summed E-state index contributed by atoms with van der Waals surface area (Å²) in [7, 11) is 0. The highest BCUT2D eigenvalue weighted by Crippen LogP contribution is 2.39. The fourth-order valence-corrected chi connectivity index (χ4v) is 4.64. The number of ether oxygens (including phenoxy) is 1. The highest BCUT2D eigenvalue weighted by Gasteiger charge is 2.38. The summed E-state index contributed by atoms with van der Waals surface area (Å²) < 4.78 is 6.53. The van der Waals surface area contributed by atoms with E-state index in [2.05, 4.69) is 60.8 Å². The van der Waals surface area contributed by atoms with Crippen LogP contribution in [-0.4, -0.2) is 55.0 Å². The molecule has 2 atom stereocenters. The number of amides is 1. The van der Waals surface area contributed by atoms with E-state index in [-0.39, 0.29) is 10.6 Å². The van der Waals surface area contributed by atoms with Gasteiger partial charge in [0.2, 0.25) is 0 Å². The molecule has 1 heterocycles. The number of fused-ring (bicyclic) bond motifs is 2. The summed E-state index contributed by atoms with van der Waals surface area (Å²) in [5, 5.41) is 13.1. The van der Waals surface area contributed by atoms with Gasteiger partial charge in [0, 0.05) is 13.1 Å². The van der Waals surface area contributed by atoms with Crippen molar-refractivity contribution in [2.24, 2.45) is 0 Å². The van der Waals surface area contributed by atoms with Gasteiger partial charge >= 0.3 is 6.09 Å². The summed E-state index contributed by atoms with van der Waals surface area (Å²) in [5.74, 6) is 0.427. The van der Waals surface area contributed by atoms with Crippen LogP contribution in [0.1, 0.15) is 41.2 Å². The molecule has 2 N–H and O–H groups in total. The average Bonchev–Trinajstić information content (AvgIpc) is 2.83. The molecule has 0 bridgehead atoms. The number of rotatable bonds is 4. The Morgan fingerprint density at radius 2 is 1.71 bits per heavy atom. The van der Waals surface area contributed by atoms with Gasteiger partial charge in [0.25, 0.3) is 0 Å². The fraction of sp³-hybridized carbons (Fsp3) is 0.435. The first-order chi connectivity index (χ1) is 13.6. The van der Waals surface area contributed by atoms with Crippen LogP contribution < -0.4 is 5.32 Å². The van der Waals surface area contributed by atoms with Gasteiger partial charge in [0.1, 0.15) is 25.7 Å². The van der Waals surface area contributed by atoms with Crippen LogP contribution in [0.25, 0.3) is 0 Å². The maximum atomic E-state index is 11.9. The second kappa shape index (κ2) is 8.03. The molecule has 5 heteroatoms. The molecule has 0 aromatic heterocycles. The third-order valence-corrected chi connectivity index (χ3v) is 6.32. The molecule has 4 rings (SSSR count). The van der Waals surface area contributed by atoms with E-state index in [1.807, 2.05) is 0 Å². The van der Waals surface area contributed by atoms with Gasteiger partial charge in [-0.1, -0.05) is 55.5 Å². The van der Waals surface area contributed by atoms with Crippen molar-refractivity contribution in [3.8, 4) is 0 Å². The third kappa shape index (κ3) is 3.58. The van der Waals surface area contributed by atoms with Crippen molar-refractivity contribution in [3.05, 3.63) is 70.8 Å². The van der Waals surface area contributed by atoms with E-state index in [9.17, 15) is 9.90 Å². The zero-order chi connectivity index (χ0) is 19.6. The highest BCUT2D eigenvalue weighted by molar-refractivity contribution is 5.56. The number of benzene rings is 2. The molecule has 2 aromatic carbocycles. The Bertz CT molecular complexity index is 845. The smallest absolute Gasteiger partial charge is 0.435 e. The van der Waals surface area contributed by atoms with Gasteiger partial charge in [-0.25, -0.2) is 4.48 Å². The molecular weight excluding hydrogens is 352 g/mol. The molecule has 2 aliphatic rings. The lowest BCUT2D eigenvalue weighted by atomic mass is 9.93. The summed E-state index contributed by atoms with van der Waals surface area (Å²) in [4.78, 5) is 11.9. The van der Waals surface area contributed by atoms with Crippen molar-refractivity contribution in [2.75, 3.05) is 39.3 Å². The molecule has 1 fully saturated rings. The van der Waals surface area contributed by atoms with Crippen LogP contribution in [0.5, 0.6) is 0 Å². The fourth-order valence-electron chi connectivity index (χ4n) is 4.64. The quantitative estimate of drug-likeness (QED) is 0.796. The number of hydrogen-bond donors (Lipinski definition) is 2. The monoisotopic (exact) mass is 381 g/mol. The molecule has 0 spiro atoms. The Kier molecular flexibility index (Phi) is 5.49. The first-order valence-electron chi connectivity index (χ1n) is 10.2. The number of carboxylic acid groups (broad SMARTS) is 1. The second-order valence-corrected chi connectivity index (χ2v) is 8.03. The zero-order valence-electron chi connectivity index (χ0n) is 16.4. The van der Waals surface area contributed by atoms with Crippen LogP contribution in [0.3, 0.4) is 0 Å². The Morgan fingerprint density at radius 1 is 1.07 bits per heavy atom. The van der Waals surface area contributed by atoms with E-state index in [1.165, 1.54) is 22.3 Å². The van der Waals surface area contributed by atoms with Crippen molar-refractivity contribution in [2.45, 2.75) is 25.4 Å². The van der Waals surface area contributed by atoms with Crippen molar-refractivity contribution >= 4 is 6.09 Å². The predicted octanol–water partition coefficient (Wildman–Crippen LogP) is 3.55. The zero-order valence-corrected chi connectivity index (χ0v) is 16.4. The number of hydrogen-bond acceptors (Lipinski definition) is 3. The van der Waals surface area contributed by atoms with Crippen LogP contribution in [0, 0.1) is 0 Å². The van der Waals surface area contributed by atoms with E-state index in [0.717, 1.165) is 19.5 Å².